The molecule has 0 amide bonds. The van der Waals surface area contributed by atoms with Crippen molar-refractivity contribution in [3.05, 3.63) is 35.9 Å². The molecule has 0 aliphatic heterocycles. The fourth-order valence-corrected chi connectivity index (χ4v) is 3.18. The molecule has 2 heteroatoms. The number of carbonyl (C=O) groups is 1. The average Bonchev–Trinajstić information content (AvgIpc) is 2.42. The molecule has 1 atom stereocenters. The second kappa shape index (κ2) is 5.47. The first kappa shape index (κ1) is 13.0. The van der Waals surface area contributed by atoms with E-state index in [1.54, 1.807) is 0 Å². The molecule has 18 heavy (non-hydrogen) atoms. The van der Waals surface area contributed by atoms with Gasteiger partial charge in [-0.1, -0.05) is 49.6 Å². The Morgan fingerprint density at radius 3 is 2.28 bits per heavy atom. The zero-order valence-electron chi connectivity index (χ0n) is 10.8. The van der Waals surface area contributed by atoms with Crippen LogP contribution in [0.1, 0.15) is 44.6 Å². The van der Waals surface area contributed by atoms with Crippen LogP contribution >= 0.6 is 0 Å². The number of benzene rings is 1. The van der Waals surface area contributed by atoms with Gasteiger partial charge in [0.2, 0.25) is 6.29 Å². The zero-order chi connectivity index (χ0) is 13.0. The number of Topliss-reactive ketones (excluding diaryl/α,β-unsaturated/α-hetero) is 1. The molecular weight excluding hydrogens is 224 g/mol. The zero-order valence-corrected chi connectivity index (χ0v) is 10.8. The van der Waals surface area contributed by atoms with Crippen molar-refractivity contribution in [1.82, 2.24) is 0 Å². The maximum atomic E-state index is 12.1. The Morgan fingerprint density at radius 1 is 1.17 bits per heavy atom. The van der Waals surface area contributed by atoms with Crippen molar-refractivity contribution >= 4 is 12.1 Å². The van der Waals surface area contributed by atoms with Crippen LogP contribution in [0.2, 0.25) is 0 Å². The van der Waals surface area contributed by atoms with Gasteiger partial charge in [0, 0.05) is 0 Å². The van der Waals surface area contributed by atoms with Gasteiger partial charge in [0.25, 0.3) is 0 Å². The van der Waals surface area contributed by atoms with E-state index in [0.717, 1.165) is 31.2 Å². The molecule has 1 fully saturated rings. The van der Waals surface area contributed by atoms with Crippen LogP contribution in [-0.4, -0.2) is 12.1 Å². The Morgan fingerprint density at radius 2 is 1.78 bits per heavy atom. The molecule has 1 aromatic carbocycles. The molecule has 1 aromatic rings. The number of rotatable bonds is 4. The third-order valence-electron chi connectivity index (χ3n) is 4.16. The van der Waals surface area contributed by atoms with Gasteiger partial charge in [-0.25, -0.2) is 0 Å². The highest BCUT2D eigenvalue weighted by molar-refractivity contribution is 6.03. The van der Waals surface area contributed by atoms with E-state index in [2.05, 4.69) is 6.29 Å². The Kier molecular flexibility index (Phi) is 3.95. The van der Waals surface area contributed by atoms with Crippen molar-refractivity contribution in [2.45, 2.75) is 44.4 Å². The van der Waals surface area contributed by atoms with E-state index < -0.39 is 5.41 Å². The molecule has 1 saturated carbocycles. The van der Waals surface area contributed by atoms with E-state index in [1.165, 1.54) is 13.3 Å². The van der Waals surface area contributed by atoms with Crippen LogP contribution in [0.3, 0.4) is 0 Å². The van der Waals surface area contributed by atoms with Gasteiger partial charge in [0.15, 0.2) is 0 Å². The van der Waals surface area contributed by atoms with Crippen molar-refractivity contribution < 1.29 is 9.59 Å². The molecule has 0 bridgehead atoms. The summed E-state index contributed by atoms with van der Waals surface area (Å²) in [6.07, 6.45) is 7.41. The third-order valence-corrected chi connectivity index (χ3v) is 4.16. The number of ketones is 1. The van der Waals surface area contributed by atoms with E-state index in [1.807, 2.05) is 30.3 Å². The maximum Gasteiger partial charge on any atom is 0.218 e. The third kappa shape index (κ3) is 2.12. The highest BCUT2D eigenvalue weighted by Gasteiger charge is 2.45. The highest BCUT2D eigenvalue weighted by atomic mass is 16.1. The quantitative estimate of drug-likeness (QED) is 0.761. The fourth-order valence-electron chi connectivity index (χ4n) is 3.18. The monoisotopic (exact) mass is 243 g/mol. The van der Waals surface area contributed by atoms with Gasteiger partial charge in [-0.15, -0.1) is 0 Å². The molecule has 2 rings (SSSR count). The molecule has 1 radical (unpaired) electrons. The fraction of sp³-hybridized carbons (Fsp3) is 0.500. The summed E-state index contributed by atoms with van der Waals surface area (Å²) in [5.74, 6) is 0.0410. The summed E-state index contributed by atoms with van der Waals surface area (Å²) in [5, 5.41) is 0. The van der Waals surface area contributed by atoms with Crippen LogP contribution in [0.15, 0.2) is 30.3 Å². The highest BCUT2D eigenvalue weighted by Crippen LogP contribution is 2.40. The second-order valence-corrected chi connectivity index (χ2v) is 5.17. The van der Waals surface area contributed by atoms with Crippen molar-refractivity contribution in [2.75, 3.05) is 0 Å². The lowest BCUT2D eigenvalue weighted by Gasteiger charge is -2.36. The Bertz CT molecular complexity index is 418. The van der Waals surface area contributed by atoms with E-state index in [0.29, 0.717) is 0 Å². The standard InChI is InChI=1S/C16H19O2/c1-13(18)16(12-17,14-8-4-2-5-9-14)15-10-6-3-7-11-15/h2,4-5,8-9,15H,3,6-7,10-11H2,1H3. The van der Waals surface area contributed by atoms with Gasteiger partial charge in [-0.2, -0.15) is 0 Å². The second-order valence-electron chi connectivity index (χ2n) is 5.17. The summed E-state index contributed by atoms with van der Waals surface area (Å²) in [4.78, 5) is 23.8. The van der Waals surface area contributed by atoms with Gasteiger partial charge in [0.1, 0.15) is 11.2 Å². The van der Waals surface area contributed by atoms with E-state index >= 15 is 0 Å². The minimum Gasteiger partial charge on any atom is -0.298 e. The Labute approximate surface area is 108 Å². The smallest absolute Gasteiger partial charge is 0.218 e. The van der Waals surface area contributed by atoms with Crippen LogP contribution in [-0.2, 0) is 15.0 Å². The lowest BCUT2D eigenvalue weighted by molar-refractivity contribution is -0.122. The number of carbonyl (C=O) groups excluding carboxylic acids is 2. The molecule has 1 unspecified atom stereocenters. The molecular formula is C16H19O2. The van der Waals surface area contributed by atoms with Crippen molar-refractivity contribution in [1.29, 1.82) is 0 Å². The van der Waals surface area contributed by atoms with Crippen LogP contribution in [0, 0.1) is 5.92 Å². The SMILES string of the molecule is CC(=O)C([C]=O)(c1ccccc1)C1CCCCC1. The van der Waals surface area contributed by atoms with Crippen molar-refractivity contribution in [3.8, 4) is 0 Å². The molecule has 0 spiro atoms. The van der Waals surface area contributed by atoms with Crippen molar-refractivity contribution in [3.63, 3.8) is 0 Å². The van der Waals surface area contributed by atoms with Gasteiger partial charge < -0.3 is 0 Å². The first-order chi connectivity index (χ1) is 8.71. The minimum atomic E-state index is -1.04. The first-order valence-corrected chi connectivity index (χ1v) is 6.67. The van der Waals surface area contributed by atoms with Gasteiger partial charge >= 0.3 is 0 Å². The van der Waals surface area contributed by atoms with Crippen LogP contribution < -0.4 is 0 Å². The van der Waals surface area contributed by atoms with E-state index in [9.17, 15) is 9.59 Å². The molecule has 0 N–H and O–H groups in total. The topological polar surface area (TPSA) is 34.1 Å². The van der Waals surface area contributed by atoms with Crippen LogP contribution in [0.25, 0.3) is 0 Å². The summed E-state index contributed by atoms with van der Waals surface area (Å²) >= 11 is 0. The normalized spacial score (nSPS) is 20.1. The van der Waals surface area contributed by atoms with Crippen molar-refractivity contribution in [2.24, 2.45) is 5.92 Å². The summed E-state index contributed by atoms with van der Waals surface area (Å²) in [7, 11) is 0. The molecule has 1 aliphatic carbocycles. The van der Waals surface area contributed by atoms with E-state index in [-0.39, 0.29) is 11.7 Å². The first-order valence-electron chi connectivity index (χ1n) is 6.67. The predicted molar refractivity (Wildman–Crippen MR) is 71.1 cm³/mol. The number of hydrogen-bond acceptors (Lipinski definition) is 2. The lowest BCUT2D eigenvalue weighted by atomic mass is 9.64. The summed E-state index contributed by atoms with van der Waals surface area (Å²) in [6.45, 7) is 1.52. The predicted octanol–water partition coefficient (Wildman–Crippen LogP) is 3.20. The molecule has 2 nitrogen and oxygen atoms in total. The van der Waals surface area contributed by atoms with Crippen LogP contribution in [0.5, 0.6) is 0 Å². The largest absolute Gasteiger partial charge is 0.298 e. The number of hydrogen-bond donors (Lipinski definition) is 0. The molecule has 0 saturated heterocycles. The Hall–Kier alpha value is -1.44. The maximum absolute atomic E-state index is 12.1. The minimum absolute atomic E-state index is 0.0735. The summed E-state index contributed by atoms with van der Waals surface area (Å²) in [6, 6.07) is 9.42. The van der Waals surface area contributed by atoms with Gasteiger partial charge in [0.05, 0.1) is 0 Å². The van der Waals surface area contributed by atoms with Gasteiger partial charge in [-0.3, -0.25) is 9.59 Å². The average molecular weight is 243 g/mol. The molecule has 0 aromatic heterocycles. The van der Waals surface area contributed by atoms with Gasteiger partial charge in [-0.05, 0) is 31.2 Å². The molecule has 1 aliphatic rings. The molecule has 0 heterocycles. The summed E-state index contributed by atoms with van der Waals surface area (Å²) < 4.78 is 0. The van der Waals surface area contributed by atoms with E-state index in [4.69, 9.17) is 0 Å². The summed E-state index contributed by atoms with van der Waals surface area (Å²) in [5.41, 5.74) is -0.235. The lowest BCUT2D eigenvalue weighted by Crippen LogP contribution is -2.44. The molecule has 95 valence electrons. The Balaban J connectivity index is 2.45. The van der Waals surface area contributed by atoms with Crippen LogP contribution in [0.4, 0.5) is 0 Å².